The number of nitrogens with one attached hydrogen (secondary N) is 1. The fourth-order valence-electron chi connectivity index (χ4n) is 3.69. The second-order valence-electron chi connectivity index (χ2n) is 8.44. The molecule has 3 aromatic carbocycles. The molecule has 0 saturated carbocycles. The average Bonchev–Trinajstić information content (AvgIpc) is 2.82. The van der Waals surface area contributed by atoms with Gasteiger partial charge in [0, 0.05) is 6.26 Å². The molecule has 0 aromatic heterocycles. The van der Waals surface area contributed by atoms with Crippen molar-refractivity contribution in [1.29, 1.82) is 0 Å². The van der Waals surface area contributed by atoms with E-state index in [9.17, 15) is 21.6 Å². The number of carbonyl (C=O) groups is 1. The number of hydrogen-bond donors (Lipinski definition) is 1. The molecule has 186 valence electrons. The van der Waals surface area contributed by atoms with Crippen molar-refractivity contribution in [2.24, 2.45) is 0 Å². The van der Waals surface area contributed by atoms with Gasteiger partial charge in [-0.2, -0.15) is 0 Å². The minimum Gasteiger partial charge on any atom is -0.348 e. The van der Waals surface area contributed by atoms with Crippen LogP contribution in [-0.4, -0.2) is 35.5 Å². The van der Waals surface area contributed by atoms with Crippen molar-refractivity contribution >= 4 is 31.5 Å². The van der Waals surface area contributed by atoms with Crippen LogP contribution < -0.4 is 9.62 Å². The number of carbonyl (C=O) groups excluding carboxylic acids is 1. The first-order chi connectivity index (χ1) is 16.4. The Kier molecular flexibility index (Phi) is 8.02. The van der Waals surface area contributed by atoms with Gasteiger partial charge in [-0.25, -0.2) is 16.8 Å². The van der Waals surface area contributed by atoms with Gasteiger partial charge in [0.25, 0.3) is 10.0 Å². The third-order valence-electron chi connectivity index (χ3n) is 5.72. The Bertz CT molecular complexity index is 1400. The first kappa shape index (κ1) is 26.4. The molecule has 0 aliphatic carbocycles. The molecule has 7 nitrogen and oxygen atoms in total. The highest BCUT2D eigenvalue weighted by atomic mass is 32.2. The van der Waals surface area contributed by atoms with Gasteiger partial charge in [-0.15, -0.1) is 0 Å². The zero-order valence-electron chi connectivity index (χ0n) is 20.2. The summed E-state index contributed by atoms with van der Waals surface area (Å²) < 4.78 is 51.8. The lowest BCUT2D eigenvalue weighted by molar-refractivity contribution is -0.120. The average molecular weight is 515 g/mol. The van der Waals surface area contributed by atoms with Crippen molar-refractivity contribution < 1.29 is 21.6 Å². The molecule has 3 aromatic rings. The van der Waals surface area contributed by atoms with Gasteiger partial charge in [-0.3, -0.25) is 9.10 Å². The Morgan fingerprint density at radius 1 is 0.886 bits per heavy atom. The van der Waals surface area contributed by atoms with Crippen LogP contribution in [0.5, 0.6) is 0 Å². The number of benzene rings is 3. The molecule has 0 unspecified atom stereocenters. The highest BCUT2D eigenvalue weighted by Crippen LogP contribution is 2.28. The Morgan fingerprint density at radius 2 is 1.46 bits per heavy atom. The fourth-order valence-corrected chi connectivity index (χ4v) is 5.78. The molecule has 0 spiro atoms. The molecule has 0 radical (unpaired) electrons. The number of sulfone groups is 1. The zero-order valence-corrected chi connectivity index (χ0v) is 21.9. The Morgan fingerprint density at radius 3 is 2.03 bits per heavy atom. The number of aryl methyl sites for hydroxylation is 2. The number of hydrogen-bond acceptors (Lipinski definition) is 5. The van der Waals surface area contributed by atoms with E-state index in [4.69, 9.17) is 0 Å². The quantitative estimate of drug-likeness (QED) is 0.465. The standard InChI is InChI=1S/C26H30N2O5S2/c1-5-21-8-6-7-9-25(21)28(35(32,33)24-14-10-19(2)11-15-24)18-26(29)27-20(3)22-12-16-23(17-13-22)34(4,30)31/h6-17,20H,5,18H2,1-4H3,(H,27,29)/t20-/m1/s1. The van der Waals surface area contributed by atoms with Crippen LogP contribution in [0.1, 0.15) is 36.6 Å². The van der Waals surface area contributed by atoms with Crippen LogP contribution in [0.4, 0.5) is 5.69 Å². The van der Waals surface area contributed by atoms with E-state index < -0.39 is 38.4 Å². The van der Waals surface area contributed by atoms with E-state index in [1.807, 2.05) is 26.0 Å². The van der Waals surface area contributed by atoms with E-state index >= 15 is 0 Å². The molecular weight excluding hydrogens is 484 g/mol. The van der Waals surface area contributed by atoms with Crippen LogP contribution in [0.15, 0.2) is 82.6 Å². The summed E-state index contributed by atoms with van der Waals surface area (Å²) in [6, 6.07) is 19.4. The Labute approximate surface area is 207 Å². The monoisotopic (exact) mass is 514 g/mol. The van der Waals surface area contributed by atoms with E-state index in [0.29, 0.717) is 17.7 Å². The van der Waals surface area contributed by atoms with Crippen molar-refractivity contribution in [3.05, 3.63) is 89.5 Å². The Balaban J connectivity index is 1.90. The summed E-state index contributed by atoms with van der Waals surface area (Å²) in [7, 11) is -7.34. The summed E-state index contributed by atoms with van der Waals surface area (Å²) in [5.74, 6) is -0.480. The van der Waals surface area contributed by atoms with E-state index in [2.05, 4.69) is 5.32 Å². The van der Waals surface area contributed by atoms with E-state index in [1.54, 1.807) is 43.3 Å². The number of anilines is 1. The summed E-state index contributed by atoms with van der Waals surface area (Å²) in [6.45, 7) is 5.15. The molecule has 0 aliphatic heterocycles. The van der Waals surface area contributed by atoms with Gasteiger partial charge in [0.2, 0.25) is 5.91 Å². The fraction of sp³-hybridized carbons (Fsp3) is 0.269. The number of sulfonamides is 1. The first-order valence-electron chi connectivity index (χ1n) is 11.2. The zero-order chi connectivity index (χ0) is 25.8. The van der Waals surface area contributed by atoms with Crippen molar-refractivity contribution in [2.45, 2.75) is 43.0 Å². The van der Waals surface area contributed by atoms with Crippen LogP contribution in [-0.2, 0) is 31.1 Å². The number of nitrogens with zero attached hydrogens (tertiary/aromatic N) is 1. The molecule has 0 fully saturated rings. The predicted molar refractivity (Wildman–Crippen MR) is 138 cm³/mol. The van der Waals surface area contributed by atoms with Gasteiger partial charge in [0.05, 0.1) is 21.5 Å². The summed E-state index contributed by atoms with van der Waals surface area (Å²) in [5, 5.41) is 2.83. The van der Waals surface area contributed by atoms with Gasteiger partial charge in [-0.05, 0) is 61.7 Å². The Hall–Kier alpha value is -3.17. The lowest BCUT2D eigenvalue weighted by Crippen LogP contribution is -2.42. The van der Waals surface area contributed by atoms with E-state index in [1.165, 1.54) is 24.3 Å². The third kappa shape index (κ3) is 6.29. The molecule has 1 amide bonds. The van der Waals surface area contributed by atoms with Gasteiger partial charge in [0.15, 0.2) is 9.84 Å². The summed E-state index contributed by atoms with van der Waals surface area (Å²) >= 11 is 0. The van der Waals surface area contributed by atoms with Gasteiger partial charge in [0.1, 0.15) is 6.54 Å². The maximum absolute atomic E-state index is 13.6. The maximum atomic E-state index is 13.6. The van der Waals surface area contributed by atoms with Crippen LogP contribution in [0.3, 0.4) is 0 Å². The molecule has 0 heterocycles. The highest BCUT2D eigenvalue weighted by molar-refractivity contribution is 7.93. The molecular formula is C26H30N2O5S2. The molecule has 3 rings (SSSR count). The maximum Gasteiger partial charge on any atom is 0.264 e. The molecule has 0 saturated heterocycles. The van der Waals surface area contributed by atoms with Crippen LogP contribution in [0.25, 0.3) is 0 Å². The third-order valence-corrected chi connectivity index (χ3v) is 8.63. The molecule has 9 heteroatoms. The van der Waals surface area contributed by atoms with Crippen LogP contribution >= 0.6 is 0 Å². The van der Waals surface area contributed by atoms with Gasteiger partial charge >= 0.3 is 0 Å². The largest absolute Gasteiger partial charge is 0.348 e. The topological polar surface area (TPSA) is 101 Å². The molecule has 1 N–H and O–H groups in total. The van der Waals surface area contributed by atoms with Crippen LogP contribution in [0.2, 0.25) is 0 Å². The van der Waals surface area contributed by atoms with E-state index in [0.717, 1.165) is 21.7 Å². The second kappa shape index (κ2) is 10.6. The number of para-hydroxylation sites is 1. The van der Waals surface area contributed by atoms with Crippen molar-refractivity contribution in [3.8, 4) is 0 Å². The second-order valence-corrected chi connectivity index (χ2v) is 12.3. The number of amides is 1. The normalized spacial score (nSPS) is 12.7. The molecule has 0 aliphatic rings. The SMILES string of the molecule is CCc1ccccc1N(CC(=O)N[C@H](C)c1ccc(S(C)(=O)=O)cc1)S(=O)(=O)c1ccc(C)cc1. The smallest absolute Gasteiger partial charge is 0.264 e. The highest BCUT2D eigenvalue weighted by Gasteiger charge is 2.29. The summed E-state index contributed by atoms with van der Waals surface area (Å²) in [5.41, 5.74) is 2.89. The van der Waals surface area contributed by atoms with Crippen LogP contribution in [0, 0.1) is 6.92 Å². The van der Waals surface area contributed by atoms with Crippen molar-refractivity contribution in [1.82, 2.24) is 5.32 Å². The molecule has 0 bridgehead atoms. The van der Waals surface area contributed by atoms with E-state index in [-0.39, 0.29) is 9.79 Å². The lowest BCUT2D eigenvalue weighted by atomic mass is 10.1. The lowest BCUT2D eigenvalue weighted by Gasteiger charge is -2.27. The first-order valence-corrected chi connectivity index (χ1v) is 14.5. The molecule has 35 heavy (non-hydrogen) atoms. The molecule has 1 atom stereocenters. The van der Waals surface area contributed by atoms with Gasteiger partial charge < -0.3 is 5.32 Å². The van der Waals surface area contributed by atoms with Crippen molar-refractivity contribution in [2.75, 3.05) is 17.1 Å². The minimum absolute atomic E-state index is 0.103. The number of rotatable bonds is 9. The minimum atomic E-state index is -4.02. The summed E-state index contributed by atoms with van der Waals surface area (Å²) in [6.07, 6.45) is 1.73. The predicted octanol–water partition coefficient (Wildman–Crippen LogP) is 4.03. The van der Waals surface area contributed by atoms with Gasteiger partial charge in [-0.1, -0.05) is 55.0 Å². The summed E-state index contributed by atoms with van der Waals surface area (Å²) in [4.78, 5) is 13.3. The van der Waals surface area contributed by atoms with Crippen molar-refractivity contribution in [3.63, 3.8) is 0 Å².